The van der Waals surface area contributed by atoms with Crippen LogP contribution in [0.4, 0.5) is 5.82 Å². The van der Waals surface area contributed by atoms with Gasteiger partial charge < -0.3 is 19.1 Å². The summed E-state index contributed by atoms with van der Waals surface area (Å²) in [5.74, 6) is 2.61. The molecule has 3 aliphatic rings. The van der Waals surface area contributed by atoms with E-state index in [2.05, 4.69) is 15.0 Å². The summed E-state index contributed by atoms with van der Waals surface area (Å²) < 4.78 is 11.2. The van der Waals surface area contributed by atoms with Crippen molar-refractivity contribution in [1.82, 2.24) is 10.1 Å². The minimum Gasteiger partial charge on any atom is -0.378 e. The summed E-state index contributed by atoms with van der Waals surface area (Å²) in [6, 6.07) is 9.85. The number of likely N-dealkylation sites (tertiary alicyclic amines) is 1. The number of hydrogen-bond acceptors (Lipinski definition) is 5. The molecule has 1 saturated carbocycles. The van der Waals surface area contributed by atoms with Crippen molar-refractivity contribution in [2.75, 3.05) is 44.3 Å². The molecule has 3 fully saturated rings. The second-order valence-corrected chi connectivity index (χ2v) is 8.28. The zero-order chi connectivity index (χ0) is 18.9. The lowest BCUT2D eigenvalue weighted by Crippen LogP contribution is -2.46. The molecule has 148 valence electrons. The lowest BCUT2D eigenvalue weighted by atomic mass is 9.78. The topological polar surface area (TPSA) is 58.8 Å². The second kappa shape index (κ2) is 7.59. The zero-order valence-electron chi connectivity index (χ0n) is 16.2. The summed E-state index contributed by atoms with van der Waals surface area (Å²) in [7, 11) is 0. The van der Waals surface area contributed by atoms with E-state index in [4.69, 9.17) is 9.26 Å². The molecule has 2 aromatic rings. The number of carbonyl (C=O) groups is 1. The highest BCUT2D eigenvalue weighted by atomic mass is 16.5. The molecule has 2 bridgehead atoms. The number of ether oxygens (including phenoxy) is 1. The highest BCUT2D eigenvalue weighted by Gasteiger charge is 2.37. The van der Waals surface area contributed by atoms with Gasteiger partial charge in [-0.15, -0.1) is 0 Å². The van der Waals surface area contributed by atoms with Crippen molar-refractivity contribution in [2.24, 2.45) is 11.8 Å². The predicted octanol–water partition coefficient (Wildman–Crippen LogP) is 3.44. The number of hydrogen-bond donors (Lipinski definition) is 0. The van der Waals surface area contributed by atoms with Crippen LogP contribution in [0.25, 0.3) is 11.3 Å². The maximum Gasteiger partial charge on any atom is 0.261 e. The van der Waals surface area contributed by atoms with Crippen LogP contribution in [0.15, 0.2) is 34.9 Å². The Morgan fingerprint density at radius 2 is 1.75 bits per heavy atom. The molecular formula is C22H27N3O3. The number of nitrogens with zero attached hydrogens (tertiary/aromatic N) is 3. The van der Waals surface area contributed by atoms with Gasteiger partial charge in [-0.3, -0.25) is 4.79 Å². The molecule has 0 radical (unpaired) electrons. The molecule has 1 aliphatic carbocycles. The van der Waals surface area contributed by atoms with E-state index in [0.29, 0.717) is 42.2 Å². The van der Waals surface area contributed by atoms with Gasteiger partial charge in [-0.05, 0) is 31.1 Å². The van der Waals surface area contributed by atoms with Gasteiger partial charge >= 0.3 is 0 Å². The number of rotatable bonds is 3. The fourth-order valence-corrected chi connectivity index (χ4v) is 5.01. The third-order valence-corrected chi connectivity index (χ3v) is 6.37. The third-order valence-electron chi connectivity index (χ3n) is 6.37. The smallest absolute Gasteiger partial charge is 0.261 e. The van der Waals surface area contributed by atoms with Crippen LogP contribution in [-0.4, -0.2) is 55.4 Å². The van der Waals surface area contributed by atoms with Crippen LogP contribution < -0.4 is 4.90 Å². The fraction of sp³-hybridized carbons (Fsp3) is 0.545. The minimum atomic E-state index is 0.0678. The molecule has 1 amide bonds. The predicted molar refractivity (Wildman–Crippen MR) is 106 cm³/mol. The fourth-order valence-electron chi connectivity index (χ4n) is 5.01. The van der Waals surface area contributed by atoms with Gasteiger partial charge in [-0.1, -0.05) is 41.9 Å². The summed E-state index contributed by atoms with van der Waals surface area (Å²) in [5, 5.41) is 4.35. The lowest BCUT2D eigenvalue weighted by Gasteiger charge is -2.41. The van der Waals surface area contributed by atoms with Gasteiger partial charge in [0, 0.05) is 31.7 Å². The average molecular weight is 381 g/mol. The van der Waals surface area contributed by atoms with Crippen molar-refractivity contribution in [3.8, 4) is 11.3 Å². The maximum atomic E-state index is 13.7. The van der Waals surface area contributed by atoms with Crippen LogP contribution in [0.2, 0.25) is 0 Å². The number of piperidine rings is 1. The summed E-state index contributed by atoms with van der Waals surface area (Å²) in [4.78, 5) is 17.9. The molecule has 2 saturated heterocycles. The van der Waals surface area contributed by atoms with Crippen LogP contribution in [0.1, 0.15) is 36.0 Å². The van der Waals surface area contributed by atoms with E-state index >= 15 is 0 Å². The van der Waals surface area contributed by atoms with Crippen molar-refractivity contribution in [3.63, 3.8) is 0 Å². The Labute approximate surface area is 165 Å². The van der Waals surface area contributed by atoms with E-state index in [1.54, 1.807) is 0 Å². The lowest BCUT2D eigenvalue weighted by molar-refractivity contribution is 0.0504. The van der Waals surface area contributed by atoms with E-state index in [1.807, 2.05) is 30.3 Å². The Hall–Kier alpha value is -2.34. The second-order valence-electron chi connectivity index (χ2n) is 8.28. The standard InChI is InChI=1S/C22H27N3O3/c26-22(25-14-16-5-4-6-17(13-16)15-25)19-20(18-7-2-1-3-8-18)28-23-21(19)24-9-11-27-12-10-24/h1-3,7-8,16-17H,4-6,9-15H2/t16-,17-/m1/s1. The quantitative estimate of drug-likeness (QED) is 0.815. The number of benzene rings is 1. The third kappa shape index (κ3) is 3.30. The highest BCUT2D eigenvalue weighted by molar-refractivity contribution is 6.04. The molecule has 2 aliphatic heterocycles. The number of amides is 1. The molecule has 28 heavy (non-hydrogen) atoms. The van der Waals surface area contributed by atoms with Crippen molar-refractivity contribution in [2.45, 2.75) is 25.7 Å². The van der Waals surface area contributed by atoms with Gasteiger partial charge in [0.2, 0.25) is 0 Å². The minimum absolute atomic E-state index is 0.0678. The molecule has 0 N–H and O–H groups in total. The summed E-state index contributed by atoms with van der Waals surface area (Å²) >= 11 is 0. The van der Waals surface area contributed by atoms with E-state index in [-0.39, 0.29) is 5.91 Å². The van der Waals surface area contributed by atoms with E-state index < -0.39 is 0 Å². The Kier molecular flexibility index (Phi) is 4.81. The molecule has 0 unspecified atom stereocenters. The normalized spacial score (nSPS) is 25.0. The van der Waals surface area contributed by atoms with Gasteiger partial charge in [0.1, 0.15) is 5.56 Å². The number of fused-ring (bicyclic) bond motifs is 2. The number of morpholine rings is 1. The monoisotopic (exact) mass is 381 g/mol. The molecule has 1 aromatic carbocycles. The molecule has 6 heteroatoms. The average Bonchev–Trinajstić information content (AvgIpc) is 3.19. The van der Waals surface area contributed by atoms with Gasteiger partial charge in [0.05, 0.1) is 13.2 Å². The van der Waals surface area contributed by atoms with E-state index in [1.165, 1.54) is 25.7 Å². The zero-order valence-corrected chi connectivity index (χ0v) is 16.2. The first kappa shape index (κ1) is 17.7. The molecule has 6 nitrogen and oxygen atoms in total. The largest absolute Gasteiger partial charge is 0.378 e. The molecule has 0 spiro atoms. The summed E-state index contributed by atoms with van der Waals surface area (Å²) in [6.07, 6.45) is 5.06. The van der Waals surface area contributed by atoms with E-state index in [9.17, 15) is 4.79 Å². The maximum absolute atomic E-state index is 13.7. The highest BCUT2D eigenvalue weighted by Crippen LogP contribution is 2.38. The van der Waals surface area contributed by atoms with Crippen molar-refractivity contribution < 1.29 is 14.1 Å². The molecule has 5 rings (SSSR count). The van der Waals surface area contributed by atoms with Crippen LogP contribution in [-0.2, 0) is 4.74 Å². The SMILES string of the molecule is O=C(c1c(N2CCOCC2)noc1-c1ccccc1)N1C[C@@H]2CCC[C@H](C2)C1. The first-order chi connectivity index (χ1) is 13.8. The number of anilines is 1. The van der Waals surface area contributed by atoms with Crippen LogP contribution in [0, 0.1) is 11.8 Å². The Morgan fingerprint density at radius 3 is 2.46 bits per heavy atom. The van der Waals surface area contributed by atoms with Gasteiger partial charge in [0.15, 0.2) is 11.6 Å². The van der Waals surface area contributed by atoms with E-state index in [0.717, 1.165) is 31.7 Å². The summed E-state index contributed by atoms with van der Waals surface area (Å²) in [5.41, 5.74) is 1.52. The Morgan fingerprint density at radius 1 is 1.04 bits per heavy atom. The van der Waals surface area contributed by atoms with Gasteiger partial charge in [-0.2, -0.15) is 0 Å². The van der Waals surface area contributed by atoms with Gasteiger partial charge in [0.25, 0.3) is 5.91 Å². The molecule has 1 aromatic heterocycles. The van der Waals surface area contributed by atoms with Crippen LogP contribution in [0.5, 0.6) is 0 Å². The van der Waals surface area contributed by atoms with Gasteiger partial charge in [-0.25, -0.2) is 0 Å². The Balaban J connectivity index is 1.52. The summed E-state index contributed by atoms with van der Waals surface area (Å²) in [6.45, 7) is 4.47. The number of carbonyl (C=O) groups excluding carboxylic acids is 1. The first-order valence-corrected chi connectivity index (χ1v) is 10.5. The van der Waals surface area contributed by atoms with Crippen LogP contribution >= 0.6 is 0 Å². The van der Waals surface area contributed by atoms with Crippen molar-refractivity contribution in [1.29, 1.82) is 0 Å². The Bertz CT molecular complexity index is 817. The number of aromatic nitrogens is 1. The first-order valence-electron chi connectivity index (χ1n) is 10.5. The van der Waals surface area contributed by atoms with Crippen molar-refractivity contribution >= 4 is 11.7 Å². The molecule has 3 heterocycles. The van der Waals surface area contributed by atoms with Crippen LogP contribution in [0.3, 0.4) is 0 Å². The molecular weight excluding hydrogens is 354 g/mol. The molecule has 2 atom stereocenters. The van der Waals surface area contributed by atoms with Crippen molar-refractivity contribution in [3.05, 3.63) is 35.9 Å².